The zero-order valence-corrected chi connectivity index (χ0v) is 27.8. The van der Waals surface area contributed by atoms with Crippen molar-refractivity contribution in [2.75, 3.05) is 4.90 Å². The molecule has 52 heavy (non-hydrogen) atoms. The Balaban J connectivity index is 1.26. The molecule has 1 heterocycles. The Hall–Kier alpha value is -6.90. The lowest BCUT2D eigenvalue weighted by atomic mass is 9.97. The Morgan fingerprint density at radius 1 is 0.423 bits per heavy atom. The van der Waals surface area contributed by atoms with Crippen LogP contribution < -0.4 is 4.90 Å². The molecule has 0 spiro atoms. The Kier molecular flexibility index (Phi) is 5.45. The van der Waals surface area contributed by atoms with Crippen LogP contribution in [0.15, 0.2) is 204 Å². The molecule has 0 bridgehead atoms. The fourth-order valence-corrected chi connectivity index (χ4v) is 7.05. The lowest BCUT2D eigenvalue weighted by Crippen LogP contribution is -2.10. The van der Waals surface area contributed by atoms with E-state index in [1.165, 1.54) is 4.90 Å². The average Bonchev–Trinajstić information content (AvgIpc) is 3.67. The van der Waals surface area contributed by atoms with Crippen LogP contribution in [0.1, 0.15) is 11.0 Å². The quantitative estimate of drug-likeness (QED) is 0.175. The monoisotopic (exact) mass is 671 g/mol. The van der Waals surface area contributed by atoms with Crippen molar-refractivity contribution in [3.8, 4) is 33.4 Å². The van der Waals surface area contributed by atoms with Crippen LogP contribution in [-0.2, 0) is 0 Å². The van der Waals surface area contributed by atoms with Crippen LogP contribution in [0.2, 0.25) is 0 Å². The van der Waals surface area contributed by atoms with Gasteiger partial charge in [0.25, 0.3) is 0 Å². The van der Waals surface area contributed by atoms with E-state index in [2.05, 4.69) is 6.07 Å². The molecule has 0 saturated carbocycles. The van der Waals surface area contributed by atoms with Gasteiger partial charge in [-0.15, -0.1) is 0 Å². The molecule has 2 heteroatoms. The molecule has 10 aromatic rings. The van der Waals surface area contributed by atoms with Crippen LogP contribution in [0.25, 0.3) is 76.9 Å². The van der Waals surface area contributed by atoms with Crippen molar-refractivity contribution in [2.45, 2.75) is 0 Å². The molecule has 9 aromatic carbocycles. The highest BCUT2D eigenvalue weighted by Crippen LogP contribution is 2.45. The molecule has 244 valence electrons. The van der Waals surface area contributed by atoms with Gasteiger partial charge in [-0.05, 0) is 104 Å². The van der Waals surface area contributed by atoms with E-state index in [0.29, 0.717) is 38.8 Å². The summed E-state index contributed by atoms with van der Waals surface area (Å²) < 4.78 is 82.1. The maximum atomic E-state index is 9.71. The van der Waals surface area contributed by atoms with E-state index in [0.717, 1.165) is 32.7 Å². The van der Waals surface area contributed by atoms with Crippen molar-refractivity contribution in [2.24, 2.45) is 0 Å². The van der Waals surface area contributed by atoms with Gasteiger partial charge in [0.05, 0.1) is 22.0 Å². The van der Waals surface area contributed by atoms with E-state index < -0.39 is 24.2 Å². The lowest BCUT2D eigenvalue weighted by molar-refractivity contribution is 0.672. The Bertz CT molecular complexity index is 3350. The SMILES string of the molecule is [2H]c1c([2H])c(-c2ccccc2)c([2H])c(N(c2c([2H])c([2H])c(-c3cccc(-c4ccc5ccccc5c4)c3)c([2H])c2[2H])c2cccc3oc4c5ccccc5ccc4c23)c1[2H]. The van der Waals surface area contributed by atoms with Gasteiger partial charge in [0.2, 0.25) is 0 Å². The van der Waals surface area contributed by atoms with Crippen LogP contribution in [0.4, 0.5) is 17.1 Å². The number of hydrogen-bond donors (Lipinski definition) is 0. The summed E-state index contributed by atoms with van der Waals surface area (Å²) >= 11 is 0. The third-order valence-electron chi connectivity index (χ3n) is 9.57. The van der Waals surface area contributed by atoms with Crippen LogP contribution in [0.5, 0.6) is 0 Å². The van der Waals surface area contributed by atoms with Gasteiger partial charge in [0.1, 0.15) is 11.2 Å². The fraction of sp³-hybridized carbons (Fsp3) is 0. The minimum absolute atomic E-state index is 0.0969. The molecule has 0 unspecified atom stereocenters. The topological polar surface area (TPSA) is 16.4 Å². The van der Waals surface area contributed by atoms with Crippen LogP contribution in [0, 0.1) is 0 Å². The van der Waals surface area contributed by atoms with Gasteiger partial charge in [0.15, 0.2) is 0 Å². The summed E-state index contributed by atoms with van der Waals surface area (Å²) in [7, 11) is 0. The zero-order chi connectivity index (χ0) is 41.4. The summed E-state index contributed by atoms with van der Waals surface area (Å²) in [5.74, 6) is 0. The lowest BCUT2D eigenvalue weighted by Gasteiger charge is -2.27. The molecule has 10 rings (SSSR count). The summed E-state index contributed by atoms with van der Waals surface area (Å²) in [6.07, 6.45) is 0. The highest BCUT2D eigenvalue weighted by molar-refractivity contribution is 6.19. The third kappa shape index (κ3) is 5.21. The van der Waals surface area contributed by atoms with Gasteiger partial charge >= 0.3 is 0 Å². The normalized spacial score (nSPS) is 13.6. The second-order valence-electron chi connectivity index (χ2n) is 12.7. The van der Waals surface area contributed by atoms with Gasteiger partial charge in [-0.3, -0.25) is 0 Å². The third-order valence-corrected chi connectivity index (χ3v) is 9.57. The van der Waals surface area contributed by atoms with Gasteiger partial charge in [0, 0.05) is 22.1 Å². The molecule has 0 aliphatic heterocycles. The molecule has 0 N–H and O–H groups in total. The molecule has 0 amide bonds. The van der Waals surface area contributed by atoms with Crippen LogP contribution >= 0.6 is 0 Å². The van der Waals surface area contributed by atoms with E-state index in [9.17, 15) is 8.22 Å². The number of furan rings is 1. The predicted molar refractivity (Wildman–Crippen MR) is 220 cm³/mol. The van der Waals surface area contributed by atoms with Crippen molar-refractivity contribution in [1.82, 2.24) is 0 Å². The molecular formula is C50H33NO. The largest absolute Gasteiger partial charge is 0.455 e. The summed E-state index contributed by atoms with van der Waals surface area (Å²) in [4.78, 5) is 1.40. The fourth-order valence-electron chi connectivity index (χ4n) is 7.05. The number of benzene rings is 9. The summed E-state index contributed by atoms with van der Waals surface area (Å²) in [5, 5.41) is 5.25. The summed E-state index contributed by atoms with van der Waals surface area (Å²) in [5.41, 5.74) is 3.97. The van der Waals surface area contributed by atoms with E-state index in [-0.39, 0.29) is 46.7 Å². The standard InChI is InChI=1S/C50H33NO/c1-2-11-34(12-3-1)41-18-9-19-44(33-41)51(47-21-10-22-48-49(47)46-30-27-37-14-6-7-20-45(37)50(46)52-48)43-28-25-36(26-29-43)39-16-8-17-40(31-39)42-24-23-35-13-4-5-15-38(35)32-42/h1-33H/i9D,18D,19D,25D,26D,28D,29D,33D. The molecule has 0 saturated heterocycles. The van der Waals surface area contributed by atoms with Gasteiger partial charge in [-0.25, -0.2) is 0 Å². The minimum atomic E-state index is -0.469. The molecule has 0 radical (unpaired) electrons. The molecular weight excluding hydrogens is 631 g/mol. The molecule has 0 atom stereocenters. The molecule has 0 aliphatic carbocycles. The second-order valence-corrected chi connectivity index (χ2v) is 12.7. The van der Waals surface area contributed by atoms with Crippen LogP contribution in [-0.4, -0.2) is 0 Å². The van der Waals surface area contributed by atoms with Crippen molar-refractivity contribution >= 4 is 60.5 Å². The first-order chi connectivity index (χ1) is 29.1. The average molecular weight is 672 g/mol. The van der Waals surface area contributed by atoms with Crippen molar-refractivity contribution in [1.29, 1.82) is 0 Å². The number of rotatable bonds is 6. The maximum Gasteiger partial charge on any atom is 0.143 e. The van der Waals surface area contributed by atoms with Crippen molar-refractivity contribution in [3.05, 3.63) is 200 Å². The van der Waals surface area contributed by atoms with Gasteiger partial charge in [-0.1, -0.05) is 145 Å². The van der Waals surface area contributed by atoms with E-state index in [4.69, 9.17) is 7.16 Å². The zero-order valence-electron chi connectivity index (χ0n) is 35.8. The number of hydrogen-bond acceptors (Lipinski definition) is 2. The molecule has 2 nitrogen and oxygen atoms in total. The highest BCUT2D eigenvalue weighted by Gasteiger charge is 2.21. The Morgan fingerprint density at radius 3 is 1.98 bits per heavy atom. The highest BCUT2D eigenvalue weighted by atomic mass is 16.3. The van der Waals surface area contributed by atoms with Crippen LogP contribution in [0.3, 0.4) is 0 Å². The summed E-state index contributed by atoms with van der Waals surface area (Å²) in [6, 6.07) is 44.5. The molecule has 1 aromatic heterocycles. The van der Waals surface area contributed by atoms with Crippen molar-refractivity contribution in [3.63, 3.8) is 0 Å². The Labute approximate surface area is 313 Å². The first-order valence-corrected chi connectivity index (χ1v) is 17.1. The van der Waals surface area contributed by atoms with E-state index in [1.54, 1.807) is 48.5 Å². The molecule has 0 aliphatic rings. The molecule has 0 fully saturated rings. The maximum absolute atomic E-state index is 9.71. The summed E-state index contributed by atoms with van der Waals surface area (Å²) in [6.45, 7) is 0. The second kappa shape index (κ2) is 12.5. The van der Waals surface area contributed by atoms with Gasteiger partial charge < -0.3 is 9.32 Å². The number of nitrogens with zero attached hydrogens (tertiary/aromatic N) is 1. The van der Waals surface area contributed by atoms with E-state index in [1.807, 2.05) is 97.1 Å². The number of fused-ring (bicyclic) bond motifs is 6. The Morgan fingerprint density at radius 2 is 1.12 bits per heavy atom. The number of anilines is 3. The first-order valence-electron chi connectivity index (χ1n) is 21.1. The first kappa shape index (κ1) is 22.7. The van der Waals surface area contributed by atoms with Gasteiger partial charge in [-0.2, -0.15) is 0 Å². The predicted octanol–water partition coefficient (Wildman–Crippen LogP) is 14.4. The smallest absolute Gasteiger partial charge is 0.143 e. The minimum Gasteiger partial charge on any atom is -0.455 e. The van der Waals surface area contributed by atoms with E-state index >= 15 is 0 Å². The van der Waals surface area contributed by atoms with Crippen molar-refractivity contribution < 1.29 is 15.4 Å².